The second-order valence-corrected chi connectivity index (χ2v) is 10.5. The summed E-state index contributed by atoms with van der Waals surface area (Å²) in [5, 5.41) is 12.6. The van der Waals surface area contributed by atoms with Gasteiger partial charge in [0.15, 0.2) is 11.0 Å². The Morgan fingerprint density at radius 1 is 1.19 bits per heavy atom. The summed E-state index contributed by atoms with van der Waals surface area (Å²) in [5.74, 6) is 3.68. The van der Waals surface area contributed by atoms with Gasteiger partial charge in [-0.3, -0.25) is 9.36 Å². The van der Waals surface area contributed by atoms with Crippen LogP contribution in [-0.4, -0.2) is 32.0 Å². The molecule has 4 saturated carbocycles. The van der Waals surface area contributed by atoms with Crippen LogP contribution in [0.4, 0.5) is 4.39 Å². The highest BCUT2D eigenvalue weighted by Crippen LogP contribution is 2.55. The van der Waals surface area contributed by atoms with Crippen molar-refractivity contribution in [3.63, 3.8) is 0 Å². The molecule has 0 unspecified atom stereocenters. The topological polar surface area (TPSA) is 69.0 Å². The van der Waals surface area contributed by atoms with Crippen LogP contribution in [-0.2, 0) is 17.9 Å². The zero-order valence-corrected chi connectivity index (χ0v) is 19.0. The molecule has 1 N–H and O–H groups in total. The summed E-state index contributed by atoms with van der Waals surface area (Å²) in [4.78, 5) is 12.9. The number of hydrogen-bond acceptors (Lipinski definition) is 5. The van der Waals surface area contributed by atoms with E-state index in [0.717, 1.165) is 37.0 Å². The number of rotatable bonds is 9. The molecule has 1 aromatic heterocycles. The van der Waals surface area contributed by atoms with Crippen molar-refractivity contribution in [1.82, 2.24) is 20.1 Å². The molecule has 6 nitrogen and oxygen atoms in total. The monoisotopic (exact) mass is 456 g/mol. The van der Waals surface area contributed by atoms with Crippen molar-refractivity contribution in [3.05, 3.63) is 48.6 Å². The molecule has 0 saturated heterocycles. The first-order chi connectivity index (χ1) is 15.5. The molecule has 170 valence electrons. The number of allylic oxidation sites excluding steroid dienone is 1. The Morgan fingerprint density at radius 3 is 2.47 bits per heavy atom. The number of thioether (sulfide) groups is 1. The van der Waals surface area contributed by atoms with Gasteiger partial charge in [-0.1, -0.05) is 17.8 Å². The quantitative estimate of drug-likeness (QED) is 0.449. The molecule has 8 heteroatoms. The van der Waals surface area contributed by atoms with Crippen molar-refractivity contribution < 1.29 is 13.9 Å². The molecule has 0 radical (unpaired) electrons. The van der Waals surface area contributed by atoms with Gasteiger partial charge in [-0.25, -0.2) is 4.39 Å². The molecule has 6 rings (SSSR count). The molecule has 4 aliphatic carbocycles. The van der Waals surface area contributed by atoms with Crippen molar-refractivity contribution in [2.75, 3.05) is 5.75 Å². The van der Waals surface area contributed by atoms with Crippen molar-refractivity contribution in [2.24, 2.45) is 17.8 Å². The number of amides is 1. The second-order valence-electron chi connectivity index (χ2n) is 9.58. The lowest BCUT2D eigenvalue weighted by Crippen LogP contribution is -2.60. The Morgan fingerprint density at radius 2 is 1.84 bits per heavy atom. The average molecular weight is 457 g/mol. The van der Waals surface area contributed by atoms with Crippen LogP contribution in [0.2, 0.25) is 0 Å². The number of ether oxygens (including phenoxy) is 1. The zero-order chi connectivity index (χ0) is 22.1. The van der Waals surface area contributed by atoms with Gasteiger partial charge in [0.2, 0.25) is 5.91 Å². The SMILES string of the molecule is C=CCn1c(COc2ccc(F)cc2)nnc1SCC(=O)NC12CC3CC(CC(C3)C1)C2. The molecular weight excluding hydrogens is 427 g/mol. The van der Waals surface area contributed by atoms with Gasteiger partial charge in [0.1, 0.15) is 18.2 Å². The third kappa shape index (κ3) is 4.56. The lowest BCUT2D eigenvalue weighted by molar-refractivity contribution is -0.124. The first-order valence-corrected chi connectivity index (χ1v) is 12.4. The van der Waals surface area contributed by atoms with Gasteiger partial charge in [-0.2, -0.15) is 0 Å². The van der Waals surface area contributed by atoms with E-state index >= 15 is 0 Å². The molecule has 4 fully saturated rings. The number of carbonyl (C=O) groups excluding carboxylic acids is 1. The van der Waals surface area contributed by atoms with Crippen LogP contribution < -0.4 is 10.1 Å². The summed E-state index contributed by atoms with van der Waals surface area (Å²) < 4.78 is 20.7. The number of halogens is 1. The molecule has 32 heavy (non-hydrogen) atoms. The van der Waals surface area contributed by atoms with Crippen LogP contribution in [0.5, 0.6) is 5.75 Å². The largest absolute Gasteiger partial charge is 0.486 e. The fourth-order valence-electron chi connectivity index (χ4n) is 6.25. The Hall–Kier alpha value is -2.35. The van der Waals surface area contributed by atoms with Crippen LogP contribution in [0.3, 0.4) is 0 Å². The number of nitrogens with one attached hydrogen (secondary N) is 1. The van der Waals surface area contributed by atoms with E-state index in [0.29, 0.717) is 29.0 Å². The van der Waals surface area contributed by atoms with E-state index in [2.05, 4.69) is 22.1 Å². The summed E-state index contributed by atoms with van der Waals surface area (Å²) in [6, 6.07) is 5.86. The predicted octanol–water partition coefficient (Wildman–Crippen LogP) is 4.36. The first-order valence-electron chi connectivity index (χ1n) is 11.4. The number of hydrogen-bond donors (Lipinski definition) is 1. The Balaban J connectivity index is 1.19. The summed E-state index contributed by atoms with van der Waals surface area (Å²) in [6.45, 7) is 4.54. The minimum Gasteiger partial charge on any atom is -0.486 e. The van der Waals surface area contributed by atoms with E-state index in [4.69, 9.17) is 4.74 Å². The zero-order valence-electron chi connectivity index (χ0n) is 18.1. The van der Waals surface area contributed by atoms with E-state index in [9.17, 15) is 9.18 Å². The van der Waals surface area contributed by atoms with E-state index in [1.54, 1.807) is 18.2 Å². The van der Waals surface area contributed by atoms with Gasteiger partial charge in [0, 0.05) is 12.1 Å². The molecule has 0 spiro atoms. The van der Waals surface area contributed by atoms with Crippen LogP contribution in [0, 0.1) is 23.6 Å². The Kier molecular flexibility index (Phi) is 5.97. The van der Waals surface area contributed by atoms with E-state index in [-0.39, 0.29) is 23.9 Å². The maximum Gasteiger partial charge on any atom is 0.230 e. The third-order valence-electron chi connectivity index (χ3n) is 7.06. The van der Waals surface area contributed by atoms with Gasteiger partial charge in [-0.05, 0) is 80.5 Å². The molecule has 1 amide bonds. The van der Waals surface area contributed by atoms with E-state index in [1.807, 2.05) is 4.57 Å². The number of aromatic nitrogens is 3. The summed E-state index contributed by atoms with van der Waals surface area (Å²) in [5.41, 5.74) is 0.0232. The standard InChI is InChI=1S/C24H29FN4O2S/c1-2-7-29-21(14-31-20-5-3-19(25)4-6-20)27-28-23(29)32-15-22(30)26-24-11-16-8-17(12-24)10-18(9-16)13-24/h2-6,16-18H,1,7-15H2,(H,26,30). The minimum absolute atomic E-state index is 0.0232. The minimum atomic E-state index is -0.308. The predicted molar refractivity (Wildman–Crippen MR) is 121 cm³/mol. The van der Waals surface area contributed by atoms with E-state index < -0.39 is 0 Å². The van der Waals surface area contributed by atoms with Crippen LogP contribution in [0.15, 0.2) is 42.1 Å². The first kappa shape index (κ1) is 21.5. The van der Waals surface area contributed by atoms with Gasteiger partial charge in [0.05, 0.1) is 5.75 Å². The smallest absolute Gasteiger partial charge is 0.230 e. The average Bonchev–Trinajstić information content (AvgIpc) is 3.12. The number of benzene rings is 1. The van der Waals surface area contributed by atoms with Crippen molar-refractivity contribution in [3.8, 4) is 5.75 Å². The highest BCUT2D eigenvalue weighted by atomic mass is 32.2. The molecule has 1 heterocycles. The molecule has 2 aromatic rings. The fourth-order valence-corrected chi connectivity index (χ4v) is 7.02. The van der Waals surface area contributed by atoms with Crippen molar-refractivity contribution >= 4 is 17.7 Å². The molecule has 0 aliphatic heterocycles. The molecular formula is C24H29FN4O2S. The molecule has 0 atom stereocenters. The highest BCUT2D eigenvalue weighted by Gasteiger charge is 2.51. The lowest BCUT2D eigenvalue weighted by atomic mass is 9.53. The summed E-state index contributed by atoms with van der Waals surface area (Å²) in [7, 11) is 0. The normalized spacial score (nSPS) is 28.0. The lowest BCUT2D eigenvalue weighted by Gasteiger charge is -2.56. The third-order valence-corrected chi connectivity index (χ3v) is 8.03. The number of nitrogens with zero attached hydrogens (tertiary/aromatic N) is 3. The fraction of sp³-hybridized carbons (Fsp3) is 0.542. The van der Waals surface area contributed by atoms with Crippen LogP contribution in [0.25, 0.3) is 0 Å². The molecule has 4 aliphatic rings. The number of carbonyl (C=O) groups is 1. The van der Waals surface area contributed by atoms with Gasteiger partial charge >= 0.3 is 0 Å². The maximum atomic E-state index is 13.1. The van der Waals surface area contributed by atoms with Crippen LogP contribution >= 0.6 is 11.8 Å². The van der Waals surface area contributed by atoms with Gasteiger partial charge in [-0.15, -0.1) is 16.8 Å². The van der Waals surface area contributed by atoms with E-state index in [1.165, 1.54) is 43.2 Å². The highest BCUT2D eigenvalue weighted by molar-refractivity contribution is 7.99. The second kappa shape index (κ2) is 8.89. The van der Waals surface area contributed by atoms with Crippen molar-refractivity contribution in [2.45, 2.75) is 62.4 Å². The maximum absolute atomic E-state index is 13.1. The van der Waals surface area contributed by atoms with Crippen LogP contribution in [0.1, 0.15) is 44.3 Å². The van der Waals surface area contributed by atoms with Gasteiger partial charge < -0.3 is 10.1 Å². The van der Waals surface area contributed by atoms with Crippen molar-refractivity contribution in [1.29, 1.82) is 0 Å². The summed E-state index contributed by atoms with van der Waals surface area (Å²) in [6.07, 6.45) is 9.28. The Labute approximate surface area is 192 Å². The molecule has 4 bridgehead atoms. The van der Waals surface area contributed by atoms with Gasteiger partial charge in [0.25, 0.3) is 0 Å². The molecule has 1 aromatic carbocycles. The Bertz CT molecular complexity index is 955. The summed E-state index contributed by atoms with van der Waals surface area (Å²) >= 11 is 1.39.